The molecule has 2 aromatic heterocycles. The smallest absolute Gasteiger partial charge is 0.236 e. The standard InChI is InChI=1S/C20H28N4OS/c1-14(2)23-8-10-24(11-9-23)19(25)13-22-7-6-16-17-5-4-15(3)21-20(17)26-18(16)12-22/h4-5,14H,6-13H2,1-3H3. The highest BCUT2D eigenvalue weighted by atomic mass is 32.1. The van der Waals surface area contributed by atoms with Crippen LogP contribution in [0.25, 0.3) is 10.2 Å². The van der Waals surface area contributed by atoms with Crippen LogP contribution in [0.5, 0.6) is 0 Å². The number of fused-ring (bicyclic) bond motifs is 3. The van der Waals surface area contributed by atoms with Crippen LogP contribution in [-0.4, -0.2) is 70.9 Å². The van der Waals surface area contributed by atoms with E-state index >= 15 is 0 Å². The fraction of sp³-hybridized carbons (Fsp3) is 0.600. The molecule has 0 aliphatic carbocycles. The first kappa shape index (κ1) is 17.9. The van der Waals surface area contributed by atoms with Crippen LogP contribution < -0.4 is 0 Å². The number of aromatic nitrogens is 1. The van der Waals surface area contributed by atoms with Crippen molar-refractivity contribution in [2.75, 3.05) is 39.3 Å². The lowest BCUT2D eigenvalue weighted by Crippen LogP contribution is -2.52. The predicted molar refractivity (Wildman–Crippen MR) is 107 cm³/mol. The van der Waals surface area contributed by atoms with E-state index in [0.717, 1.165) is 56.2 Å². The zero-order valence-electron chi connectivity index (χ0n) is 16.0. The molecule has 0 atom stereocenters. The Labute approximate surface area is 159 Å². The monoisotopic (exact) mass is 372 g/mol. The third kappa shape index (κ3) is 3.50. The first-order valence-corrected chi connectivity index (χ1v) is 10.4. The Hall–Kier alpha value is -1.50. The molecule has 2 aromatic rings. The van der Waals surface area contributed by atoms with Gasteiger partial charge in [-0.2, -0.15) is 0 Å². The number of hydrogen-bond donors (Lipinski definition) is 0. The molecule has 0 bridgehead atoms. The van der Waals surface area contributed by atoms with E-state index in [4.69, 9.17) is 0 Å². The van der Waals surface area contributed by atoms with E-state index in [1.807, 2.05) is 11.8 Å². The molecule has 1 amide bonds. The summed E-state index contributed by atoms with van der Waals surface area (Å²) in [7, 11) is 0. The van der Waals surface area contributed by atoms with E-state index in [1.54, 1.807) is 11.3 Å². The number of carbonyl (C=O) groups is 1. The Bertz CT molecular complexity index is 807. The first-order chi connectivity index (χ1) is 12.5. The Balaban J connectivity index is 1.38. The number of amides is 1. The van der Waals surface area contributed by atoms with Gasteiger partial charge in [0, 0.05) is 61.3 Å². The van der Waals surface area contributed by atoms with Gasteiger partial charge in [0.15, 0.2) is 0 Å². The Kier molecular flexibility index (Phi) is 4.99. The molecule has 0 N–H and O–H groups in total. The Morgan fingerprint density at radius 3 is 2.69 bits per heavy atom. The quantitative estimate of drug-likeness (QED) is 0.830. The van der Waals surface area contributed by atoms with E-state index in [-0.39, 0.29) is 5.91 Å². The van der Waals surface area contributed by atoms with Gasteiger partial charge in [-0.3, -0.25) is 14.6 Å². The average Bonchev–Trinajstić information content (AvgIpc) is 2.98. The van der Waals surface area contributed by atoms with Gasteiger partial charge in [0.25, 0.3) is 0 Å². The summed E-state index contributed by atoms with van der Waals surface area (Å²) in [6, 6.07) is 4.88. The topological polar surface area (TPSA) is 39.7 Å². The number of hydrogen-bond acceptors (Lipinski definition) is 5. The molecule has 1 fully saturated rings. The lowest BCUT2D eigenvalue weighted by molar-refractivity contribution is -0.134. The average molecular weight is 373 g/mol. The van der Waals surface area contributed by atoms with Crippen LogP contribution in [-0.2, 0) is 17.8 Å². The van der Waals surface area contributed by atoms with Crippen molar-refractivity contribution in [2.24, 2.45) is 0 Å². The third-order valence-corrected chi connectivity index (χ3v) is 6.81. The van der Waals surface area contributed by atoms with Crippen LogP contribution >= 0.6 is 11.3 Å². The highest BCUT2D eigenvalue weighted by Crippen LogP contribution is 2.34. The minimum absolute atomic E-state index is 0.284. The van der Waals surface area contributed by atoms with E-state index < -0.39 is 0 Å². The lowest BCUT2D eigenvalue weighted by Gasteiger charge is -2.38. The summed E-state index contributed by atoms with van der Waals surface area (Å²) in [5.41, 5.74) is 2.52. The summed E-state index contributed by atoms with van der Waals surface area (Å²) in [4.78, 5) is 26.7. The molecule has 0 radical (unpaired) electrons. The van der Waals surface area contributed by atoms with Crippen LogP contribution in [0.15, 0.2) is 12.1 Å². The SMILES string of the molecule is Cc1ccc2c3c(sc2n1)CN(CC(=O)N1CCN(C(C)C)CC1)CC3. The van der Waals surface area contributed by atoms with Gasteiger partial charge in [-0.15, -0.1) is 11.3 Å². The zero-order chi connectivity index (χ0) is 18.3. The predicted octanol–water partition coefficient (Wildman–Crippen LogP) is 2.52. The molecule has 26 heavy (non-hydrogen) atoms. The fourth-order valence-electron chi connectivity index (χ4n) is 4.04. The normalized spacial score (nSPS) is 19.3. The van der Waals surface area contributed by atoms with Crippen LogP contribution in [0.1, 0.15) is 30.0 Å². The summed E-state index contributed by atoms with van der Waals surface area (Å²) in [5, 5.41) is 1.31. The molecule has 0 aromatic carbocycles. The molecular formula is C20H28N4OS. The molecule has 1 saturated heterocycles. The van der Waals surface area contributed by atoms with E-state index in [2.05, 4.69) is 40.8 Å². The molecule has 4 rings (SSSR count). The number of carbonyl (C=O) groups excluding carboxylic acids is 1. The van der Waals surface area contributed by atoms with Gasteiger partial charge in [-0.1, -0.05) is 0 Å². The first-order valence-electron chi connectivity index (χ1n) is 9.63. The van der Waals surface area contributed by atoms with Crippen LogP contribution in [0, 0.1) is 6.92 Å². The van der Waals surface area contributed by atoms with Crippen LogP contribution in [0.4, 0.5) is 0 Å². The summed E-state index contributed by atoms with van der Waals surface area (Å²) < 4.78 is 0. The fourth-order valence-corrected chi connectivity index (χ4v) is 5.34. The summed E-state index contributed by atoms with van der Waals surface area (Å²) in [6.07, 6.45) is 1.02. The van der Waals surface area contributed by atoms with Crippen molar-refractivity contribution in [1.29, 1.82) is 0 Å². The molecule has 0 saturated carbocycles. The molecule has 2 aliphatic rings. The lowest BCUT2D eigenvalue weighted by atomic mass is 10.0. The summed E-state index contributed by atoms with van der Waals surface area (Å²) in [6.45, 7) is 12.6. The van der Waals surface area contributed by atoms with E-state index in [9.17, 15) is 4.79 Å². The maximum absolute atomic E-state index is 12.7. The number of thiophene rings is 1. The van der Waals surface area contributed by atoms with Gasteiger partial charge in [-0.05, 0) is 44.9 Å². The van der Waals surface area contributed by atoms with E-state index in [1.165, 1.54) is 15.8 Å². The number of nitrogens with zero attached hydrogens (tertiary/aromatic N) is 4. The van der Waals surface area contributed by atoms with Crippen molar-refractivity contribution in [1.82, 2.24) is 19.7 Å². The molecule has 5 nitrogen and oxygen atoms in total. The molecule has 0 spiro atoms. The minimum Gasteiger partial charge on any atom is -0.339 e. The summed E-state index contributed by atoms with van der Waals surface area (Å²) in [5.74, 6) is 0.284. The van der Waals surface area contributed by atoms with Gasteiger partial charge in [0.1, 0.15) is 4.83 Å². The second-order valence-electron chi connectivity index (χ2n) is 7.78. The maximum Gasteiger partial charge on any atom is 0.236 e. The van der Waals surface area contributed by atoms with Gasteiger partial charge in [0.2, 0.25) is 5.91 Å². The second kappa shape index (κ2) is 7.25. The van der Waals surface area contributed by atoms with Gasteiger partial charge >= 0.3 is 0 Å². The molecule has 2 aliphatic heterocycles. The van der Waals surface area contributed by atoms with Crippen molar-refractivity contribution < 1.29 is 4.79 Å². The van der Waals surface area contributed by atoms with Crippen molar-refractivity contribution >= 4 is 27.5 Å². The number of aryl methyl sites for hydroxylation is 1. The van der Waals surface area contributed by atoms with E-state index in [0.29, 0.717) is 12.6 Å². The number of piperazine rings is 1. The Morgan fingerprint density at radius 1 is 1.19 bits per heavy atom. The molecule has 0 unspecified atom stereocenters. The minimum atomic E-state index is 0.284. The molecule has 6 heteroatoms. The van der Waals surface area contributed by atoms with Crippen LogP contribution in [0.3, 0.4) is 0 Å². The Morgan fingerprint density at radius 2 is 1.96 bits per heavy atom. The van der Waals surface area contributed by atoms with Gasteiger partial charge < -0.3 is 4.90 Å². The van der Waals surface area contributed by atoms with Crippen molar-refractivity contribution in [3.8, 4) is 0 Å². The van der Waals surface area contributed by atoms with Crippen LogP contribution in [0.2, 0.25) is 0 Å². The molecule has 140 valence electrons. The van der Waals surface area contributed by atoms with Gasteiger partial charge in [-0.25, -0.2) is 4.98 Å². The largest absolute Gasteiger partial charge is 0.339 e. The molecule has 4 heterocycles. The second-order valence-corrected chi connectivity index (χ2v) is 8.86. The molecular weight excluding hydrogens is 344 g/mol. The maximum atomic E-state index is 12.7. The number of rotatable bonds is 3. The van der Waals surface area contributed by atoms with Crippen molar-refractivity contribution in [3.05, 3.63) is 28.3 Å². The van der Waals surface area contributed by atoms with Crippen molar-refractivity contribution in [3.63, 3.8) is 0 Å². The highest BCUT2D eigenvalue weighted by molar-refractivity contribution is 7.18. The number of pyridine rings is 1. The zero-order valence-corrected chi connectivity index (χ0v) is 16.8. The highest BCUT2D eigenvalue weighted by Gasteiger charge is 2.26. The summed E-state index contributed by atoms with van der Waals surface area (Å²) >= 11 is 1.80. The van der Waals surface area contributed by atoms with Crippen molar-refractivity contribution in [2.45, 2.75) is 39.8 Å². The third-order valence-electron chi connectivity index (χ3n) is 5.68. The van der Waals surface area contributed by atoms with Gasteiger partial charge in [0.05, 0.1) is 6.54 Å².